The van der Waals surface area contributed by atoms with Crippen LogP contribution in [-0.2, 0) is 11.2 Å². The van der Waals surface area contributed by atoms with Crippen LogP contribution in [0.3, 0.4) is 0 Å². The molecule has 7 heteroatoms. The molecule has 0 unspecified atom stereocenters. The third kappa shape index (κ3) is 5.72. The summed E-state index contributed by atoms with van der Waals surface area (Å²) in [7, 11) is 4.56. The number of rotatable bonds is 8. The van der Waals surface area contributed by atoms with Crippen LogP contribution in [0.4, 0.5) is 0 Å². The number of benzene rings is 2. The molecule has 2 amide bonds. The maximum Gasteiger partial charge on any atom is 0.251 e. The molecule has 2 aromatic carbocycles. The number of hydrogen-bond donors (Lipinski definition) is 1. The summed E-state index contributed by atoms with van der Waals surface area (Å²) < 4.78 is 16.0. The average Bonchev–Trinajstić information content (AvgIpc) is 2.82. The summed E-state index contributed by atoms with van der Waals surface area (Å²) >= 11 is 0. The SMILES string of the molecule is COc1cc(C(=O)NC2CCN(C(=O)CCc3ccc(C)cc3)CC2)cc(OC)c1OC. The number of carbonyl (C=O) groups excluding carboxylic acids is 2. The van der Waals surface area contributed by atoms with Gasteiger partial charge in [-0.25, -0.2) is 0 Å². The molecule has 0 spiro atoms. The van der Waals surface area contributed by atoms with E-state index >= 15 is 0 Å². The molecule has 1 fully saturated rings. The predicted octanol–water partition coefficient (Wildman–Crippen LogP) is 3.37. The molecule has 0 atom stereocenters. The molecule has 3 rings (SSSR count). The highest BCUT2D eigenvalue weighted by molar-refractivity contribution is 5.95. The Hall–Kier alpha value is -3.22. The quantitative estimate of drug-likeness (QED) is 0.681. The summed E-state index contributed by atoms with van der Waals surface area (Å²) in [6.45, 7) is 3.35. The van der Waals surface area contributed by atoms with E-state index < -0.39 is 0 Å². The minimum atomic E-state index is -0.201. The maximum atomic E-state index is 12.8. The highest BCUT2D eigenvalue weighted by Gasteiger charge is 2.25. The van der Waals surface area contributed by atoms with Crippen LogP contribution < -0.4 is 19.5 Å². The number of methoxy groups -OCH3 is 3. The second kappa shape index (κ2) is 10.9. The van der Waals surface area contributed by atoms with Crippen LogP contribution in [0.5, 0.6) is 17.2 Å². The number of amides is 2. The molecule has 0 aromatic heterocycles. The zero-order valence-electron chi connectivity index (χ0n) is 19.3. The van der Waals surface area contributed by atoms with Gasteiger partial charge in [0.15, 0.2) is 11.5 Å². The van der Waals surface area contributed by atoms with Crippen molar-refractivity contribution in [3.05, 3.63) is 53.1 Å². The van der Waals surface area contributed by atoms with Crippen LogP contribution in [-0.4, -0.2) is 57.2 Å². The predicted molar refractivity (Wildman–Crippen MR) is 123 cm³/mol. The molecule has 1 heterocycles. The van der Waals surface area contributed by atoms with Gasteiger partial charge in [-0.15, -0.1) is 0 Å². The summed E-state index contributed by atoms with van der Waals surface area (Å²) in [4.78, 5) is 27.3. The van der Waals surface area contributed by atoms with E-state index in [0.29, 0.717) is 42.3 Å². The second-order valence-corrected chi connectivity index (χ2v) is 8.03. The molecule has 2 aromatic rings. The molecular weight excluding hydrogens is 408 g/mol. The molecule has 1 aliphatic heterocycles. The number of nitrogens with one attached hydrogen (secondary N) is 1. The number of carbonyl (C=O) groups is 2. The Balaban J connectivity index is 1.51. The molecule has 0 saturated carbocycles. The maximum absolute atomic E-state index is 12.8. The fraction of sp³-hybridized carbons (Fsp3) is 0.440. The van der Waals surface area contributed by atoms with Crippen molar-refractivity contribution in [1.29, 1.82) is 0 Å². The lowest BCUT2D eigenvalue weighted by Crippen LogP contribution is -2.46. The Morgan fingerprint density at radius 2 is 1.56 bits per heavy atom. The van der Waals surface area contributed by atoms with E-state index in [1.165, 1.54) is 32.5 Å². The molecule has 32 heavy (non-hydrogen) atoms. The largest absolute Gasteiger partial charge is 0.493 e. The molecule has 1 N–H and O–H groups in total. The minimum absolute atomic E-state index is 0.0164. The second-order valence-electron chi connectivity index (χ2n) is 8.03. The van der Waals surface area contributed by atoms with E-state index in [1.807, 2.05) is 4.90 Å². The Morgan fingerprint density at radius 3 is 2.09 bits per heavy atom. The number of likely N-dealkylation sites (tertiary alicyclic amines) is 1. The van der Waals surface area contributed by atoms with Gasteiger partial charge in [-0.1, -0.05) is 29.8 Å². The topological polar surface area (TPSA) is 77.1 Å². The van der Waals surface area contributed by atoms with Gasteiger partial charge in [0.2, 0.25) is 11.7 Å². The van der Waals surface area contributed by atoms with Crippen LogP contribution in [0.1, 0.15) is 40.7 Å². The summed E-state index contributed by atoms with van der Waals surface area (Å²) in [5, 5.41) is 3.07. The first kappa shape index (κ1) is 23.4. The number of ether oxygens (including phenoxy) is 3. The monoisotopic (exact) mass is 440 g/mol. The molecule has 7 nitrogen and oxygen atoms in total. The number of aryl methyl sites for hydroxylation is 2. The number of piperidine rings is 1. The van der Waals surface area contributed by atoms with Crippen molar-refractivity contribution < 1.29 is 23.8 Å². The first-order valence-electron chi connectivity index (χ1n) is 10.9. The summed E-state index contributed by atoms with van der Waals surface area (Å²) in [6.07, 6.45) is 2.71. The van der Waals surface area contributed by atoms with E-state index in [-0.39, 0.29) is 17.9 Å². The first-order valence-corrected chi connectivity index (χ1v) is 10.9. The van der Waals surface area contributed by atoms with E-state index in [2.05, 4.69) is 36.5 Å². The van der Waals surface area contributed by atoms with Crippen LogP contribution in [0.2, 0.25) is 0 Å². The first-order chi connectivity index (χ1) is 15.4. The number of nitrogens with zero attached hydrogens (tertiary/aromatic N) is 1. The van der Waals surface area contributed by atoms with Crippen molar-refractivity contribution in [3.63, 3.8) is 0 Å². The third-order valence-electron chi connectivity index (χ3n) is 5.86. The Kier molecular flexibility index (Phi) is 7.98. The zero-order valence-corrected chi connectivity index (χ0v) is 19.3. The van der Waals surface area contributed by atoms with Gasteiger partial charge >= 0.3 is 0 Å². The lowest BCUT2D eigenvalue weighted by Gasteiger charge is -2.32. The summed E-state index contributed by atoms with van der Waals surface area (Å²) in [5.74, 6) is 1.29. The lowest BCUT2D eigenvalue weighted by molar-refractivity contribution is -0.132. The van der Waals surface area contributed by atoms with Gasteiger partial charge in [0.1, 0.15) is 0 Å². The van der Waals surface area contributed by atoms with Crippen molar-refractivity contribution in [3.8, 4) is 17.2 Å². The minimum Gasteiger partial charge on any atom is -0.493 e. The standard InChI is InChI=1S/C25H32N2O5/c1-17-5-7-18(8-6-17)9-10-23(28)27-13-11-20(12-14-27)26-25(29)19-15-21(30-2)24(32-4)22(16-19)31-3/h5-8,15-16,20H,9-14H2,1-4H3,(H,26,29). The van der Waals surface area contributed by atoms with Gasteiger partial charge in [0.05, 0.1) is 21.3 Å². The molecule has 0 aliphatic carbocycles. The zero-order chi connectivity index (χ0) is 23.1. The molecular formula is C25H32N2O5. The van der Waals surface area contributed by atoms with Crippen LogP contribution in [0.15, 0.2) is 36.4 Å². The average molecular weight is 441 g/mol. The normalized spacial score (nSPS) is 14.1. The van der Waals surface area contributed by atoms with Crippen LogP contribution >= 0.6 is 0 Å². The molecule has 0 bridgehead atoms. The van der Waals surface area contributed by atoms with E-state index in [1.54, 1.807) is 12.1 Å². The molecule has 1 saturated heterocycles. The highest BCUT2D eigenvalue weighted by Crippen LogP contribution is 2.38. The third-order valence-corrected chi connectivity index (χ3v) is 5.86. The van der Waals surface area contributed by atoms with Crippen molar-refractivity contribution >= 4 is 11.8 Å². The molecule has 0 radical (unpaired) electrons. The van der Waals surface area contributed by atoms with Gasteiger partial charge in [-0.05, 0) is 43.9 Å². The van der Waals surface area contributed by atoms with Gasteiger partial charge in [0.25, 0.3) is 5.91 Å². The van der Waals surface area contributed by atoms with E-state index in [4.69, 9.17) is 14.2 Å². The van der Waals surface area contributed by atoms with Gasteiger partial charge in [-0.3, -0.25) is 9.59 Å². The summed E-state index contributed by atoms with van der Waals surface area (Å²) in [5.41, 5.74) is 2.84. The van der Waals surface area contributed by atoms with Gasteiger partial charge < -0.3 is 24.4 Å². The smallest absolute Gasteiger partial charge is 0.251 e. The number of hydrogen-bond acceptors (Lipinski definition) is 5. The van der Waals surface area contributed by atoms with Crippen molar-refractivity contribution in [2.45, 2.75) is 38.6 Å². The van der Waals surface area contributed by atoms with Crippen LogP contribution in [0, 0.1) is 6.92 Å². The van der Waals surface area contributed by atoms with Crippen molar-refractivity contribution in [2.75, 3.05) is 34.4 Å². The van der Waals surface area contributed by atoms with E-state index in [9.17, 15) is 9.59 Å². The fourth-order valence-corrected chi connectivity index (χ4v) is 3.92. The molecule has 172 valence electrons. The summed E-state index contributed by atoms with van der Waals surface area (Å²) in [6, 6.07) is 11.6. The van der Waals surface area contributed by atoms with E-state index in [0.717, 1.165) is 19.3 Å². The fourth-order valence-electron chi connectivity index (χ4n) is 3.92. The van der Waals surface area contributed by atoms with Crippen LogP contribution in [0.25, 0.3) is 0 Å². The van der Waals surface area contributed by atoms with Crippen molar-refractivity contribution in [2.24, 2.45) is 0 Å². The Morgan fingerprint density at radius 1 is 0.969 bits per heavy atom. The van der Waals surface area contributed by atoms with Gasteiger partial charge in [0, 0.05) is 31.1 Å². The van der Waals surface area contributed by atoms with Gasteiger partial charge in [-0.2, -0.15) is 0 Å². The molecule has 1 aliphatic rings. The highest BCUT2D eigenvalue weighted by atomic mass is 16.5. The Bertz CT molecular complexity index is 909. The Labute approximate surface area is 189 Å². The van der Waals surface area contributed by atoms with Crippen molar-refractivity contribution in [1.82, 2.24) is 10.2 Å². The lowest BCUT2D eigenvalue weighted by atomic mass is 10.0.